The molecule has 0 spiro atoms. The number of sulfone groups is 1. The van der Waals surface area contributed by atoms with E-state index in [0.29, 0.717) is 13.0 Å². The van der Waals surface area contributed by atoms with Gasteiger partial charge in [-0.2, -0.15) is 0 Å². The maximum absolute atomic E-state index is 10.9. The van der Waals surface area contributed by atoms with Crippen molar-refractivity contribution in [3.8, 4) is 0 Å². The Balaban J connectivity index is 2.31. The van der Waals surface area contributed by atoms with Gasteiger partial charge in [-0.25, -0.2) is 8.42 Å². The number of hydrogen-bond donors (Lipinski definition) is 2. The van der Waals surface area contributed by atoms with E-state index >= 15 is 0 Å². The van der Waals surface area contributed by atoms with Crippen LogP contribution in [0.15, 0.2) is 0 Å². The molecule has 11 heavy (non-hydrogen) atoms. The molecule has 1 rings (SSSR count). The average molecular weight is 179 g/mol. The summed E-state index contributed by atoms with van der Waals surface area (Å²) in [5, 5.41) is 11.4. The Kier molecular flexibility index (Phi) is 2.86. The van der Waals surface area contributed by atoms with E-state index in [4.69, 9.17) is 5.11 Å². The zero-order valence-electron chi connectivity index (χ0n) is 6.28. The van der Waals surface area contributed by atoms with Gasteiger partial charge in [-0.05, 0) is 6.42 Å². The SMILES string of the molecule is O=S1(=O)CC[C@H](NCCO)C1. The first kappa shape index (κ1) is 8.96. The first-order valence-corrected chi connectivity index (χ1v) is 5.51. The van der Waals surface area contributed by atoms with E-state index in [-0.39, 0.29) is 24.2 Å². The van der Waals surface area contributed by atoms with Crippen LogP contribution in [0, 0.1) is 0 Å². The first-order valence-electron chi connectivity index (χ1n) is 3.69. The van der Waals surface area contributed by atoms with Gasteiger partial charge in [0.2, 0.25) is 0 Å². The molecule has 66 valence electrons. The molecule has 0 aromatic rings. The highest BCUT2D eigenvalue weighted by molar-refractivity contribution is 7.91. The van der Waals surface area contributed by atoms with Gasteiger partial charge in [0, 0.05) is 12.6 Å². The minimum Gasteiger partial charge on any atom is -0.395 e. The van der Waals surface area contributed by atoms with Gasteiger partial charge >= 0.3 is 0 Å². The van der Waals surface area contributed by atoms with Crippen LogP contribution in [0.25, 0.3) is 0 Å². The average Bonchev–Trinajstić information content (AvgIpc) is 2.26. The minimum absolute atomic E-state index is 0.0622. The van der Waals surface area contributed by atoms with Crippen LogP contribution in [0.1, 0.15) is 6.42 Å². The Hall–Kier alpha value is -0.130. The lowest BCUT2D eigenvalue weighted by Crippen LogP contribution is -2.32. The summed E-state index contributed by atoms with van der Waals surface area (Å²) in [7, 11) is -2.77. The summed E-state index contributed by atoms with van der Waals surface area (Å²) in [6, 6.07) is 0.0622. The molecule has 0 aliphatic carbocycles. The third kappa shape index (κ3) is 2.76. The fourth-order valence-corrected chi connectivity index (χ4v) is 2.93. The van der Waals surface area contributed by atoms with Crippen molar-refractivity contribution in [2.45, 2.75) is 12.5 Å². The van der Waals surface area contributed by atoms with Crippen LogP contribution in [-0.4, -0.2) is 44.2 Å². The van der Waals surface area contributed by atoms with Crippen LogP contribution in [0.3, 0.4) is 0 Å². The van der Waals surface area contributed by atoms with E-state index in [1.54, 1.807) is 0 Å². The van der Waals surface area contributed by atoms with Gasteiger partial charge in [-0.3, -0.25) is 0 Å². The molecule has 0 aromatic carbocycles. The molecule has 0 aromatic heterocycles. The predicted molar refractivity (Wildman–Crippen MR) is 42.1 cm³/mol. The molecule has 1 heterocycles. The lowest BCUT2D eigenvalue weighted by Gasteiger charge is -2.07. The number of nitrogens with one attached hydrogen (secondary N) is 1. The van der Waals surface area contributed by atoms with Gasteiger partial charge in [0.25, 0.3) is 0 Å². The molecule has 4 nitrogen and oxygen atoms in total. The highest BCUT2D eigenvalue weighted by Gasteiger charge is 2.26. The van der Waals surface area contributed by atoms with Crippen molar-refractivity contribution in [3.63, 3.8) is 0 Å². The summed E-state index contributed by atoms with van der Waals surface area (Å²) in [4.78, 5) is 0. The van der Waals surface area contributed by atoms with Gasteiger partial charge in [0.15, 0.2) is 9.84 Å². The molecule has 1 saturated heterocycles. The lowest BCUT2D eigenvalue weighted by atomic mass is 10.3. The molecule has 0 saturated carbocycles. The van der Waals surface area contributed by atoms with Crippen molar-refractivity contribution in [3.05, 3.63) is 0 Å². The molecule has 2 N–H and O–H groups in total. The van der Waals surface area contributed by atoms with E-state index < -0.39 is 9.84 Å². The summed E-state index contributed by atoms with van der Waals surface area (Å²) in [5.74, 6) is 0.517. The highest BCUT2D eigenvalue weighted by Crippen LogP contribution is 2.10. The molecular weight excluding hydrogens is 166 g/mol. The molecule has 0 unspecified atom stereocenters. The Bertz CT molecular complexity index is 212. The minimum atomic E-state index is -2.77. The number of rotatable bonds is 3. The molecule has 0 bridgehead atoms. The van der Waals surface area contributed by atoms with Gasteiger partial charge < -0.3 is 10.4 Å². The van der Waals surface area contributed by atoms with Crippen molar-refractivity contribution in [2.75, 3.05) is 24.7 Å². The van der Waals surface area contributed by atoms with E-state index in [0.717, 1.165) is 0 Å². The molecule has 1 aliphatic heterocycles. The van der Waals surface area contributed by atoms with Crippen molar-refractivity contribution < 1.29 is 13.5 Å². The zero-order valence-corrected chi connectivity index (χ0v) is 7.10. The quantitative estimate of drug-likeness (QED) is 0.568. The second-order valence-electron chi connectivity index (χ2n) is 2.78. The number of aliphatic hydroxyl groups excluding tert-OH is 1. The maximum atomic E-state index is 10.9. The molecule has 1 fully saturated rings. The topological polar surface area (TPSA) is 66.4 Å². The normalized spacial score (nSPS) is 29.0. The van der Waals surface area contributed by atoms with Gasteiger partial charge in [0.05, 0.1) is 18.1 Å². The Morgan fingerprint density at radius 1 is 1.55 bits per heavy atom. The van der Waals surface area contributed by atoms with Crippen molar-refractivity contribution in [2.24, 2.45) is 0 Å². The van der Waals surface area contributed by atoms with Crippen molar-refractivity contribution >= 4 is 9.84 Å². The van der Waals surface area contributed by atoms with Crippen LogP contribution in [0.5, 0.6) is 0 Å². The summed E-state index contributed by atoms with van der Waals surface area (Å²) in [6.45, 7) is 0.552. The summed E-state index contributed by atoms with van der Waals surface area (Å²) >= 11 is 0. The molecule has 0 radical (unpaired) electrons. The van der Waals surface area contributed by atoms with Crippen LogP contribution < -0.4 is 5.32 Å². The number of hydrogen-bond acceptors (Lipinski definition) is 4. The lowest BCUT2D eigenvalue weighted by molar-refractivity contribution is 0.286. The first-order chi connectivity index (χ1) is 5.14. The Labute approximate surface area is 66.5 Å². The second kappa shape index (κ2) is 3.51. The zero-order chi connectivity index (χ0) is 8.32. The van der Waals surface area contributed by atoms with E-state index in [1.165, 1.54) is 0 Å². The van der Waals surface area contributed by atoms with Crippen molar-refractivity contribution in [1.82, 2.24) is 5.32 Å². The summed E-state index contributed by atoms with van der Waals surface area (Å²) in [5.41, 5.74) is 0. The van der Waals surface area contributed by atoms with Gasteiger partial charge in [-0.15, -0.1) is 0 Å². The molecule has 5 heteroatoms. The fraction of sp³-hybridized carbons (Fsp3) is 1.00. The van der Waals surface area contributed by atoms with E-state index in [1.807, 2.05) is 0 Å². The predicted octanol–water partition coefficient (Wildman–Crippen LogP) is -1.24. The Morgan fingerprint density at radius 3 is 2.73 bits per heavy atom. The fourth-order valence-electron chi connectivity index (χ4n) is 1.22. The standard InChI is InChI=1S/C6H13NO3S/c8-3-2-7-6-1-4-11(9,10)5-6/h6-8H,1-5H2/t6-/m0/s1. The summed E-state index contributed by atoms with van der Waals surface area (Å²) < 4.78 is 21.8. The van der Waals surface area contributed by atoms with Crippen LogP contribution in [-0.2, 0) is 9.84 Å². The number of aliphatic hydroxyl groups is 1. The largest absolute Gasteiger partial charge is 0.395 e. The molecule has 0 amide bonds. The summed E-state index contributed by atoms with van der Waals surface area (Å²) in [6.07, 6.45) is 0.683. The monoisotopic (exact) mass is 179 g/mol. The van der Waals surface area contributed by atoms with Crippen LogP contribution in [0.2, 0.25) is 0 Å². The van der Waals surface area contributed by atoms with Crippen LogP contribution in [0.4, 0.5) is 0 Å². The third-order valence-corrected chi connectivity index (χ3v) is 3.55. The van der Waals surface area contributed by atoms with Gasteiger partial charge in [-0.1, -0.05) is 0 Å². The second-order valence-corrected chi connectivity index (χ2v) is 5.01. The van der Waals surface area contributed by atoms with E-state index in [2.05, 4.69) is 5.32 Å². The Morgan fingerprint density at radius 2 is 2.27 bits per heavy atom. The molecule has 1 atom stereocenters. The van der Waals surface area contributed by atoms with Gasteiger partial charge in [0.1, 0.15) is 0 Å². The molecular formula is C6H13NO3S. The van der Waals surface area contributed by atoms with Crippen molar-refractivity contribution in [1.29, 1.82) is 0 Å². The van der Waals surface area contributed by atoms with Crippen LogP contribution >= 0.6 is 0 Å². The smallest absolute Gasteiger partial charge is 0.151 e. The maximum Gasteiger partial charge on any atom is 0.151 e. The highest BCUT2D eigenvalue weighted by atomic mass is 32.2. The third-order valence-electron chi connectivity index (χ3n) is 1.78. The molecule has 1 aliphatic rings. The van der Waals surface area contributed by atoms with E-state index in [9.17, 15) is 8.42 Å².